The maximum atomic E-state index is 11.9. The zero-order valence-corrected chi connectivity index (χ0v) is 15.3. The van der Waals surface area contributed by atoms with Crippen LogP contribution in [-0.2, 0) is 14.4 Å². The molecule has 11 heteroatoms. The number of aliphatic hydroxyl groups is 1. The molecule has 0 aliphatic carbocycles. The third kappa shape index (κ3) is 7.39. The van der Waals surface area contributed by atoms with Crippen LogP contribution in [0.1, 0.15) is 25.7 Å². The lowest BCUT2D eigenvalue weighted by Crippen LogP contribution is -2.51. The van der Waals surface area contributed by atoms with Crippen LogP contribution in [0.15, 0.2) is 0 Å². The fraction of sp³-hybridized carbons (Fsp3) is 0.750. The van der Waals surface area contributed by atoms with Gasteiger partial charge in [-0.25, -0.2) is 9.59 Å². The first-order valence-corrected chi connectivity index (χ1v) is 8.67. The Labute approximate surface area is 156 Å². The smallest absolute Gasteiger partial charge is 0.336 e. The van der Waals surface area contributed by atoms with Crippen molar-refractivity contribution in [3.63, 3.8) is 0 Å². The number of carbonyl (C=O) groups is 4. The number of hydrogen-bond donors (Lipinski definition) is 4. The summed E-state index contributed by atoms with van der Waals surface area (Å²) in [6, 6.07) is 0.260. The predicted octanol–water partition coefficient (Wildman–Crippen LogP) is -0.799. The number of rotatable bonds is 5. The summed E-state index contributed by atoms with van der Waals surface area (Å²) in [5.41, 5.74) is -2.74. The second kappa shape index (κ2) is 10.1. The van der Waals surface area contributed by atoms with Gasteiger partial charge in [-0.1, -0.05) is 0 Å². The Morgan fingerprint density at radius 1 is 0.778 bits per heavy atom. The lowest BCUT2D eigenvalue weighted by Gasteiger charge is -2.34. The molecule has 0 atom stereocenters. The molecule has 2 amide bonds. The van der Waals surface area contributed by atoms with Gasteiger partial charge < -0.3 is 35.1 Å². The van der Waals surface area contributed by atoms with E-state index in [1.54, 1.807) is 0 Å². The first-order chi connectivity index (χ1) is 12.5. The van der Waals surface area contributed by atoms with Crippen LogP contribution < -0.4 is 0 Å². The van der Waals surface area contributed by atoms with Crippen molar-refractivity contribution in [2.24, 2.45) is 0 Å². The number of carboxylic acid groups (broad SMARTS) is 3. The molecule has 0 aromatic rings. The first-order valence-electron chi connectivity index (χ1n) is 8.67. The Morgan fingerprint density at radius 2 is 1.19 bits per heavy atom. The summed E-state index contributed by atoms with van der Waals surface area (Å²) in [6.45, 7) is 5.74. The number of likely N-dealkylation sites (N-methyl/N-ethyl adjacent to an activating group) is 1. The monoisotopic (exact) mass is 389 g/mol. The van der Waals surface area contributed by atoms with Crippen LogP contribution in [0.4, 0.5) is 4.79 Å². The second-order valence-corrected chi connectivity index (χ2v) is 6.74. The number of carbonyl (C=O) groups excluding carboxylic acids is 1. The molecule has 2 aliphatic heterocycles. The van der Waals surface area contributed by atoms with Gasteiger partial charge in [-0.3, -0.25) is 9.59 Å². The maximum absolute atomic E-state index is 11.9. The lowest BCUT2D eigenvalue weighted by molar-refractivity contribution is -0.170. The van der Waals surface area contributed by atoms with Gasteiger partial charge in [0.2, 0.25) is 0 Å². The fourth-order valence-electron chi connectivity index (χ4n) is 2.82. The summed E-state index contributed by atoms with van der Waals surface area (Å²) in [5.74, 6) is -5.02. The number of likely N-dealkylation sites (tertiary alicyclic amines) is 1. The van der Waals surface area contributed by atoms with E-state index in [-0.39, 0.29) is 6.03 Å². The summed E-state index contributed by atoms with van der Waals surface area (Å²) >= 11 is 0. The number of urea groups is 1. The molecule has 4 N–H and O–H groups in total. The van der Waals surface area contributed by atoms with Crippen molar-refractivity contribution in [2.75, 3.05) is 46.3 Å². The molecule has 0 radical (unpaired) electrons. The summed E-state index contributed by atoms with van der Waals surface area (Å²) < 4.78 is 0. The van der Waals surface area contributed by atoms with Crippen molar-refractivity contribution >= 4 is 23.9 Å². The Morgan fingerprint density at radius 3 is 1.56 bits per heavy atom. The molecule has 2 heterocycles. The van der Waals surface area contributed by atoms with Crippen molar-refractivity contribution in [2.45, 2.75) is 31.3 Å². The largest absolute Gasteiger partial charge is 0.481 e. The molecule has 2 aliphatic rings. The third-order valence-corrected chi connectivity index (χ3v) is 4.44. The number of hydrogen-bond acceptors (Lipinski definition) is 6. The molecule has 0 aromatic carbocycles. The summed E-state index contributed by atoms with van der Waals surface area (Å²) in [5, 5.41) is 33.8. The zero-order valence-electron chi connectivity index (χ0n) is 15.3. The first kappa shape index (κ1) is 22.6. The fourth-order valence-corrected chi connectivity index (χ4v) is 2.82. The van der Waals surface area contributed by atoms with Crippen LogP contribution >= 0.6 is 0 Å². The van der Waals surface area contributed by atoms with Gasteiger partial charge in [0.25, 0.3) is 0 Å². The average Bonchev–Trinajstić information content (AvgIpc) is 3.08. The predicted molar refractivity (Wildman–Crippen MR) is 92.4 cm³/mol. The quantitative estimate of drug-likeness (QED) is 0.472. The number of nitrogens with zero attached hydrogens (tertiary/aromatic N) is 3. The zero-order chi connectivity index (χ0) is 20.6. The number of carboxylic acids is 3. The van der Waals surface area contributed by atoms with Crippen molar-refractivity contribution in [3.05, 3.63) is 0 Å². The highest BCUT2D eigenvalue weighted by atomic mass is 16.4. The maximum Gasteiger partial charge on any atom is 0.336 e. The van der Waals surface area contributed by atoms with Crippen LogP contribution in [-0.4, -0.2) is 111 Å². The lowest BCUT2D eigenvalue weighted by atomic mass is 9.96. The Bertz CT molecular complexity index is 538. The molecule has 0 saturated carbocycles. The molecule has 11 nitrogen and oxygen atoms in total. The summed E-state index contributed by atoms with van der Waals surface area (Å²) in [7, 11) is 2.11. The molecule has 2 fully saturated rings. The molecule has 2 saturated heterocycles. The van der Waals surface area contributed by atoms with Gasteiger partial charge in [-0.2, -0.15) is 0 Å². The molecule has 27 heavy (non-hydrogen) atoms. The van der Waals surface area contributed by atoms with Gasteiger partial charge in [-0.15, -0.1) is 0 Å². The van der Waals surface area contributed by atoms with Crippen LogP contribution in [0.25, 0.3) is 0 Å². The topological polar surface area (TPSA) is 159 Å². The van der Waals surface area contributed by atoms with Crippen LogP contribution in [0.5, 0.6) is 0 Å². The minimum Gasteiger partial charge on any atom is -0.481 e. The van der Waals surface area contributed by atoms with Gasteiger partial charge >= 0.3 is 23.9 Å². The van der Waals surface area contributed by atoms with E-state index in [2.05, 4.69) is 11.9 Å². The summed E-state index contributed by atoms with van der Waals surface area (Å²) in [6.07, 6.45) is 0.0717. The minimum atomic E-state index is -2.74. The number of amides is 2. The molecular weight excluding hydrogens is 362 g/mol. The number of piperazine rings is 1. The average molecular weight is 389 g/mol. The molecule has 0 bridgehead atoms. The Hall–Kier alpha value is -2.40. The van der Waals surface area contributed by atoms with E-state index >= 15 is 0 Å². The minimum absolute atomic E-state index is 0.260. The highest BCUT2D eigenvalue weighted by Crippen LogP contribution is 2.15. The van der Waals surface area contributed by atoms with Crippen molar-refractivity contribution in [1.29, 1.82) is 0 Å². The van der Waals surface area contributed by atoms with Gasteiger partial charge in [0.05, 0.1) is 12.8 Å². The highest BCUT2D eigenvalue weighted by molar-refractivity contribution is 5.88. The van der Waals surface area contributed by atoms with Crippen LogP contribution in [0.3, 0.4) is 0 Å². The van der Waals surface area contributed by atoms with E-state index in [1.165, 1.54) is 12.8 Å². The van der Waals surface area contributed by atoms with E-state index in [4.69, 9.17) is 20.4 Å². The van der Waals surface area contributed by atoms with Gasteiger partial charge in [0.15, 0.2) is 5.60 Å². The molecule has 0 aromatic heterocycles. The molecular formula is C16H27N3O8. The van der Waals surface area contributed by atoms with E-state index in [0.29, 0.717) is 0 Å². The standard InChI is InChI=1S/C10H19N3O.C6H8O7/c1-11-6-8-13(9-7-11)10(14)12-4-2-3-5-12;7-3(8)1-6(13,5(11)12)2-4(9)10/h2-9H2,1H3;13H,1-2H2,(H,7,8)(H,9,10)(H,11,12). The van der Waals surface area contributed by atoms with Gasteiger partial charge in [0, 0.05) is 39.3 Å². The van der Waals surface area contributed by atoms with Gasteiger partial charge in [0.1, 0.15) is 0 Å². The molecule has 2 rings (SSSR count). The highest BCUT2D eigenvalue weighted by Gasteiger charge is 2.40. The van der Waals surface area contributed by atoms with Gasteiger partial charge in [-0.05, 0) is 19.9 Å². The molecule has 0 spiro atoms. The van der Waals surface area contributed by atoms with E-state index in [1.807, 2.05) is 9.80 Å². The van der Waals surface area contributed by atoms with E-state index in [9.17, 15) is 19.2 Å². The molecule has 154 valence electrons. The Balaban J connectivity index is 0.000000271. The van der Waals surface area contributed by atoms with Crippen LogP contribution in [0, 0.1) is 0 Å². The van der Waals surface area contributed by atoms with Crippen molar-refractivity contribution in [1.82, 2.24) is 14.7 Å². The van der Waals surface area contributed by atoms with Crippen molar-refractivity contribution < 1.29 is 39.6 Å². The number of aliphatic carboxylic acids is 3. The van der Waals surface area contributed by atoms with E-state index in [0.717, 1.165) is 39.3 Å². The SMILES string of the molecule is CN1CCN(C(=O)N2CCCC2)CC1.O=C(O)CC(O)(CC(=O)O)C(=O)O. The Kier molecular flexibility index (Phi) is 8.44. The van der Waals surface area contributed by atoms with E-state index < -0.39 is 36.4 Å². The third-order valence-electron chi connectivity index (χ3n) is 4.44. The van der Waals surface area contributed by atoms with Crippen molar-refractivity contribution in [3.8, 4) is 0 Å². The van der Waals surface area contributed by atoms with Crippen LogP contribution in [0.2, 0.25) is 0 Å². The molecule has 0 unspecified atom stereocenters. The normalized spacial score (nSPS) is 17.9. The second-order valence-electron chi connectivity index (χ2n) is 6.74. The summed E-state index contributed by atoms with van der Waals surface area (Å²) in [4.78, 5) is 48.7.